The fourth-order valence-electron chi connectivity index (χ4n) is 3.19. The Kier molecular flexibility index (Phi) is 4.21. The summed E-state index contributed by atoms with van der Waals surface area (Å²) in [5.74, 6) is 2.54. The van der Waals surface area contributed by atoms with E-state index in [1.165, 1.54) is 0 Å². The standard InChI is InChI=1S/C16H22N8O/c1-2-13-18-19-14-8-7-12(20-24(13)14)17-9-5-11-23-16(25)22-10-4-3-6-15(22)21-23/h7-8H,2-6,9-11H2,1H3,(H,17,20). The molecule has 0 fully saturated rings. The molecule has 4 rings (SSSR count). The van der Waals surface area contributed by atoms with E-state index < -0.39 is 0 Å². The highest BCUT2D eigenvalue weighted by molar-refractivity contribution is 5.43. The molecule has 1 aliphatic rings. The molecule has 1 aliphatic heterocycles. The van der Waals surface area contributed by atoms with E-state index in [4.69, 9.17) is 0 Å². The molecule has 9 nitrogen and oxygen atoms in total. The predicted octanol–water partition coefficient (Wildman–Crippen LogP) is 0.883. The summed E-state index contributed by atoms with van der Waals surface area (Å²) >= 11 is 0. The van der Waals surface area contributed by atoms with E-state index >= 15 is 0 Å². The minimum atomic E-state index is 0.0197. The van der Waals surface area contributed by atoms with Crippen LogP contribution in [0.2, 0.25) is 0 Å². The monoisotopic (exact) mass is 342 g/mol. The predicted molar refractivity (Wildman–Crippen MR) is 92.7 cm³/mol. The van der Waals surface area contributed by atoms with Crippen LogP contribution in [-0.4, -0.2) is 40.7 Å². The Bertz CT molecular complexity index is 937. The van der Waals surface area contributed by atoms with E-state index in [1.54, 1.807) is 9.20 Å². The summed E-state index contributed by atoms with van der Waals surface area (Å²) in [6.07, 6.45) is 4.68. The first kappa shape index (κ1) is 15.8. The molecule has 0 aromatic carbocycles. The maximum atomic E-state index is 12.3. The Labute approximate surface area is 144 Å². The van der Waals surface area contributed by atoms with Crippen LogP contribution in [0.1, 0.15) is 37.8 Å². The van der Waals surface area contributed by atoms with Crippen LogP contribution >= 0.6 is 0 Å². The van der Waals surface area contributed by atoms with Crippen LogP contribution < -0.4 is 11.0 Å². The second-order valence-electron chi connectivity index (χ2n) is 6.27. The van der Waals surface area contributed by atoms with Crippen molar-refractivity contribution < 1.29 is 0 Å². The molecule has 3 aromatic heterocycles. The van der Waals surface area contributed by atoms with Gasteiger partial charge in [0, 0.05) is 32.5 Å². The van der Waals surface area contributed by atoms with Gasteiger partial charge < -0.3 is 5.32 Å². The van der Waals surface area contributed by atoms with E-state index in [1.807, 2.05) is 23.6 Å². The van der Waals surface area contributed by atoms with Crippen molar-refractivity contribution in [2.24, 2.45) is 0 Å². The minimum Gasteiger partial charge on any atom is -0.369 e. The molecule has 9 heteroatoms. The number of rotatable bonds is 6. The van der Waals surface area contributed by atoms with Gasteiger partial charge in [0.25, 0.3) is 0 Å². The first-order valence-electron chi connectivity index (χ1n) is 8.88. The summed E-state index contributed by atoms with van der Waals surface area (Å²) < 4.78 is 5.16. The summed E-state index contributed by atoms with van der Waals surface area (Å²) in [6.45, 7) is 4.16. The SMILES string of the molecule is CCc1nnc2ccc(NCCCn3nc4n(c3=O)CCCC4)nn12. The Hall–Kier alpha value is -2.71. The zero-order chi connectivity index (χ0) is 17.2. The van der Waals surface area contributed by atoms with Crippen molar-refractivity contribution in [2.75, 3.05) is 11.9 Å². The first-order valence-corrected chi connectivity index (χ1v) is 8.88. The number of hydrogen-bond acceptors (Lipinski definition) is 6. The van der Waals surface area contributed by atoms with Gasteiger partial charge in [0.15, 0.2) is 11.5 Å². The van der Waals surface area contributed by atoms with Gasteiger partial charge in [-0.1, -0.05) is 6.92 Å². The topological polar surface area (TPSA) is 94.9 Å². The lowest BCUT2D eigenvalue weighted by Gasteiger charge is -2.09. The number of nitrogens with zero attached hydrogens (tertiary/aromatic N) is 7. The van der Waals surface area contributed by atoms with Crippen LogP contribution in [0, 0.1) is 0 Å². The van der Waals surface area contributed by atoms with Crippen LogP contribution in [0.3, 0.4) is 0 Å². The lowest BCUT2D eigenvalue weighted by Crippen LogP contribution is -2.27. The molecule has 0 spiro atoms. The minimum absolute atomic E-state index is 0.0197. The molecule has 132 valence electrons. The molecule has 1 N–H and O–H groups in total. The van der Waals surface area contributed by atoms with E-state index in [0.29, 0.717) is 6.54 Å². The zero-order valence-corrected chi connectivity index (χ0v) is 14.4. The third-order valence-corrected chi connectivity index (χ3v) is 4.53. The smallest absolute Gasteiger partial charge is 0.345 e. The van der Waals surface area contributed by atoms with Crippen molar-refractivity contribution in [1.29, 1.82) is 0 Å². The number of nitrogens with one attached hydrogen (secondary N) is 1. The third kappa shape index (κ3) is 3.01. The summed E-state index contributed by atoms with van der Waals surface area (Å²) in [5.41, 5.74) is 0.767. The molecule has 0 aliphatic carbocycles. The summed E-state index contributed by atoms with van der Waals surface area (Å²) in [6, 6.07) is 3.79. The van der Waals surface area contributed by atoms with Gasteiger partial charge in [0.1, 0.15) is 11.6 Å². The van der Waals surface area contributed by atoms with Gasteiger partial charge >= 0.3 is 5.69 Å². The largest absolute Gasteiger partial charge is 0.369 e. The highest BCUT2D eigenvalue weighted by Gasteiger charge is 2.16. The third-order valence-electron chi connectivity index (χ3n) is 4.53. The van der Waals surface area contributed by atoms with Crippen molar-refractivity contribution in [2.45, 2.75) is 52.1 Å². The maximum Gasteiger partial charge on any atom is 0.345 e. The molecule has 0 radical (unpaired) electrons. The van der Waals surface area contributed by atoms with Gasteiger partial charge in [-0.3, -0.25) is 4.57 Å². The quantitative estimate of drug-likeness (QED) is 0.668. The van der Waals surface area contributed by atoms with Crippen molar-refractivity contribution in [1.82, 2.24) is 34.2 Å². The summed E-state index contributed by atoms with van der Waals surface area (Å²) in [4.78, 5) is 12.3. The number of hydrogen-bond donors (Lipinski definition) is 1. The molecule has 0 saturated carbocycles. The van der Waals surface area contributed by atoms with Gasteiger partial charge in [-0.25, -0.2) is 9.48 Å². The van der Waals surface area contributed by atoms with E-state index in [0.717, 1.165) is 68.3 Å². The van der Waals surface area contributed by atoms with E-state index in [-0.39, 0.29) is 5.69 Å². The van der Waals surface area contributed by atoms with Crippen molar-refractivity contribution in [3.8, 4) is 0 Å². The van der Waals surface area contributed by atoms with Gasteiger partial charge in [-0.2, -0.15) is 9.61 Å². The fraction of sp³-hybridized carbons (Fsp3) is 0.562. The Morgan fingerprint density at radius 3 is 2.96 bits per heavy atom. The van der Waals surface area contributed by atoms with E-state index in [2.05, 4.69) is 25.7 Å². The number of aryl methyl sites for hydroxylation is 3. The van der Waals surface area contributed by atoms with Crippen LogP contribution in [0.4, 0.5) is 5.82 Å². The second kappa shape index (κ2) is 6.66. The van der Waals surface area contributed by atoms with Crippen LogP contribution in [0.25, 0.3) is 5.65 Å². The Morgan fingerprint density at radius 2 is 2.12 bits per heavy atom. The molecule has 0 saturated heterocycles. The molecule has 3 aromatic rings. The van der Waals surface area contributed by atoms with E-state index in [9.17, 15) is 4.79 Å². The van der Waals surface area contributed by atoms with Crippen LogP contribution in [0.15, 0.2) is 16.9 Å². The molecular weight excluding hydrogens is 320 g/mol. The van der Waals surface area contributed by atoms with Crippen LogP contribution in [0.5, 0.6) is 0 Å². The number of anilines is 1. The first-order chi connectivity index (χ1) is 12.3. The number of aromatic nitrogens is 7. The van der Waals surface area contributed by atoms with Gasteiger partial charge in [0.2, 0.25) is 0 Å². The average Bonchev–Trinajstić information content (AvgIpc) is 3.20. The van der Waals surface area contributed by atoms with Crippen molar-refractivity contribution in [3.63, 3.8) is 0 Å². The Balaban J connectivity index is 1.37. The van der Waals surface area contributed by atoms with Crippen LogP contribution in [-0.2, 0) is 25.9 Å². The Morgan fingerprint density at radius 1 is 1.20 bits per heavy atom. The van der Waals surface area contributed by atoms with Crippen molar-refractivity contribution >= 4 is 11.5 Å². The molecule has 0 atom stereocenters. The fourth-order valence-corrected chi connectivity index (χ4v) is 3.19. The maximum absolute atomic E-state index is 12.3. The normalized spacial score (nSPS) is 14.0. The zero-order valence-electron chi connectivity index (χ0n) is 14.4. The van der Waals surface area contributed by atoms with Gasteiger partial charge in [-0.15, -0.1) is 15.3 Å². The lowest BCUT2D eigenvalue weighted by atomic mass is 10.2. The molecule has 0 bridgehead atoms. The van der Waals surface area contributed by atoms with Gasteiger partial charge in [-0.05, 0) is 31.4 Å². The molecule has 0 unspecified atom stereocenters. The van der Waals surface area contributed by atoms with Crippen molar-refractivity contribution in [3.05, 3.63) is 34.3 Å². The molecule has 0 amide bonds. The average molecular weight is 342 g/mol. The second-order valence-corrected chi connectivity index (χ2v) is 6.27. The highest BCUT2D eigenvalue weighted by Crippen LogP contribution is 2.10. The number of fused-ring (bicyclic) bond motifs is 2. The highest BCUT2D eigenvalue weighted by atomic mass is 16.2. The summed E-state index contributed by atoms with van der Waals surface area (Å²) in [5, 5.41) is 20.4. The lowest BCUT2D eigenvalue weighted by molar-refractivity contribution is 0.510. The molecule has 4 heterocycles. The summed E-state index contributed by atoms with van der Waals surface area (Å²) in [7, 11) is 0. The molecule has 25 heavy (non-hydrogen) atoms. The van der Waals surface area contributed by atoms with Gasteiger partial charge in [0.05, 0.1) is 0 Å². The molecular formula is C16H22N8O.